The summed E-state index contributed by atoms with van der Waals surface area (Å²) in [5.74, 6) is 5.18. The molecule has 0 bridgehead atoms. The van der Waals surface area contributed by atoms with Gasteiger partial charge in [0.05, 0.1) is 23.4 Å². The van der Waals surface area contributed by atoms with Crippen LogP contribution in [0.5, 0.6) is 0 Å². The summed E-state index contributed by atoms with van der Waals surface area (Å²) in [4.78, 5) is 26.1. The van der Waals surface area contributed by atoms with Crippen molar-refractivity contribution in [3.8, 4) is 11.8 Å². The monoisotopic (exact) mass is 290 g/mol. The van der Waals surface area contributed by atoms with Crippen LogP contribution in [0.4, 0.5) is 5.69 Å². The first-order valence-corrected chi connectivity index (χ1v) is 6.91. The average molecular weight is 290 g/mol. The maximum absolute atomic E-state index is 12.4. The first kappa shape index (κ1) is 14.1. The van der Waals surface area contributed by atoms with Gasteiger partial charge in [0, 0.05) is 5.56 Å². The molecule has 4 nitrogen and oxygen atoms in total. The van der Waals surface area contributed by atoms with E-state index in [2.05, 4.69) is 11.8 Å². The van der Waals surface area contributed by atoms with Crippen molar-refractivity contribution in [2.24, 2.45) is 5.73 Å². The molecule has 1 aliphatic rings. The third kappa shape index (κ3) is 2.18. The number of amides is 2. The van der Waals surface area contributed by atoms with Gasteiger partial charge in [-0.1, -0.05) is 24.0 Å². The molecule has 0 aromatic heterocycles. The second-order valence-electron chi connectivity index (χ2n) is 5.00. The van der Waals surface area contributed by atoms with Gasteiger partial charge in [0.25, 0.3) is 11.8 Å². The largest absolute Gasteiger partial charge is 0.320 e. The lowest BCUT2D eigenvalue weighted by Crippen LogP contribution is -2.29. The Labute approximate surface area is 128 Å². The van der Waals surface area contributed by atoms with E-state index in [0.29, 0.717) is 23.4 Å². The van der Waals surface area contributed by atoms with E-state index >= 15 is 0 Å². The molecule has 3 rings (SSSR count). The smallest absolute Gasteiger partial charge is 0.266 e. The fourth-order valence-corrected chi connectivity index (χ4v) is 2.50. The van der Waals surface area contributed by atoms with Crippen LogP contribution in [-0.4, -0.2) is 18.4 Å². The van der Waals surface area contributed by atoms with Crippen LogP contribution >= 0.6 is 0 Å². The van der Waals surface area contributed by atoms with Gasteiger partial charge in [-0.25, -0.2) is 4.90 Å². The molecule has 0 saturated heterocycles. The number of nitrogens with two attached hydrogens (primary N) is 1. The lowest BCUT2D eigenvalue weighted by atomic mass is 10.1. The number of aryl methyl sites for hydroxylation is 1. The van der Waals surface area contributed by atoms with Crippen molar-refractivity contribution in [2.75, 3.05) is 11.4 Å². The molecule has 4 heteroatoms. The summed E-state index contributed by atoms with van der Waals surface area (Å²) < 4.78 is 0. The van der Waals surface area contributed by atoms with E-state index in [4.69, 9.17) is 5.73 Å². The van der Waals surface area contributed by atoms with Crippen molar-refractivity contribution in [1.82, 2.24) is 0 Å². The average Bonchev–Trinajstić information content (AvgIpc) is 2.78. The lowest BCUT2D eigenvalue weighted by Gasteiger charge is -2.15. The fourth-order valence-electron chi connectivity index (χ4n) is 2.50. The number of hydrogen-bond acceptors (Lipinski definition) is 3. The predicted octanol–water partition coefficient (Wildman–Crippen LogP) is 2.11. The molecule has 2 aromatic rings. The summed E-state index contributed by atoms with van der Waals surface area (Å²) in [5.41, 5.74) is 8.55. The minimum atomic E-state index is -0.291. The lowest BCUT2D eigenvalue weighted by molar-refractivity contribution is 0.0926. The van der Waals surface area contributed by atoms with Crippen LogP contribution in [-0.2, 0) is 0 Å². The van der Waals surface area contributed by atoms with Gasteiger partial charge < -0.3 is 5.73 Å². The van der Waals surface area contributed by atoms with Gasteiger partial charge >= 0.3 is 0 Å². The number of nitrogens with zero attached hydrogens (tertiary/aromatic N) is 1. The van der Waals surface area contributed by atoms with Crippen molar-refractivity contribution in [1.29, 1.82) is 0 Å². The van der Waals surface area contributed by atoms with E-state index in [1.165, 1.54) is 4.90 Å². The minimum absolute atomic E-state index is 0.291. The van der Waals surface area contributed by atoms with Crippen LogP contribution in [0.15, 0.2) is 42.5 Å². The highest BCUT2D eigenvalue weighted by Crippen LogP contribution is 2.29. The molecule has 108 valence electrons. The zero-order valence-corrected chi connectivity index (χ0v) is 12.1. The Balaban J connectivity index is 2.01. The summed E-state index contributed by atoms with van der Waals surface area (Å²) in [7, 11) is 0. The molecule has 1 heterocycles. The Bertz CT molecular complexity index is 809. The van der Waals surface area contributed by atoms with Gasteiger partial charge in [-0.2, -0.15) is 0 Å². The van der Waals surface area contributed by atoms with E-state index in [0.717, 1.165) is 11.1 Å². The Morgan fingerprint density at radius 1 is 1.05 bits per heavy atom. The van der Waals surface area contributed by atoms with E-state index in [1.807, 2.05) is 6.92 Å². The van der Waals surface area contributed by atoms with Crippen LogP contribution in [0.2, 0.25) is 0 Å². The minimum Gasteiger partial charge on any atom is -0.320 e. The number of imide groups is 1. The first-order valence-electron chi connectivity index (χ1n) is 6.91. The molecule has 2 amide bonds. The van der Waals surface area contributed by atoms with Crippen LogP contribution in [0.3, 0.4) is 0 Å². The zero-order valence-electron chi connectivity index (χ0n) is 12.1. The van der Waals surface area contributed by atoms with Gasteiger partial charge in [0.15, 0.2) is 0 Å². The Morgan fingerprint density at radius 3 is 2.23 bits per heavy atom. The van der Waals surface area contributed by atoms with Crippen LogP contribution < -0.4 is 10.6 Å². The molecular formula is C18H14N2O2. The summed E-state index contributed by atoms with van der Waals surface area (Å²) in [5, 5.41) is 0. The van der Waals surface area contributed by atoms with Crippen molar-refractivity contribution in [3.05, 3.63) is 64.7 Å². The SMILES string of the molecule is Cc1cc(N2C(=O)c3ccccc3C2=O)ccc1C#CCN. The third-order valence-electron chi connectivity index (χ3n) is 3.59. The van der Waals surface area contributed by atoms with Crippen LogP contribution in [0, 0.1) is 18.8 Å². The Kier molecular flexibility index (Phi) is 3.50. The van der Waals surface area contributed by atoms with Gasteiger partial charge in [0.2, 0.25) is 0 Å². The van der Waals surface area contributed by atoms with Crippen molar-refractivity contribution >= 4 is 17.5 Å². The van der Waals surface area contributed by atoms with Crippen molar-refractivity contribution in [2.45, 2.75) is 6.92 Å². The van der Waals surface area contributed by atoms with Crippen LogP contribution in [0.1, 0.15) is 31.8 Å². The maximum atomic E-state index is 12.4. The Morgan fingerprint density at radius 2 is 1.68 bits per heavy atom. The number of hydrogen-bond donors (Lipinski definition) is 1. The molecule has 0 atom stereocenters. The van der Waals surface area contributed by atoms with E-state index in [9.17, 15) is 9.59 Å². The second-order valence-corrected chi connectivity index (χ2v) is 5.00. The van der Waals surface area contributed by atoms with Crippen molar-refractivity contribution in [3.63, 3.8) is 0 Å². The summed E-state index contributed by atoms with van der Waals surface area (Å²) in [6.45, 7) is 2.18. The molecule has 2 N–H and O–H groups in total. The molecule has 1 aliphatic heterocycles. The van der Waals surface area contributed by atoms with Gasteiger partial charge in [0.1, 0.15) is 0 Å². The number of anilines is 1. The van der Waals surface area contributed by atoms with Gasteiger partial charge in [-0.05, 0) is 42.8 Å². The quantitative estimate of drug-likeness (QED) is 0.646. The molecule has 0 aliphatic carbocycles. The molecule has 0 saturated carbocycles. The fraction of sp³-hybridized carbons (Fsp3) is 0.111. The predicted molar refractivity (Wildman–Crippen MR) is 84.7 cm³/mol. The second kappa shape index (κ2) is 5.47. The molecule has 22 heavy (non-hydrogen) atoms. The van der Waals surface area contributed by atoms with Crippen LogP contribution in [0.25, 0.3) is 0 Å². The highest BCUT2D eigenvalue weighted by atomic mass is 16.2. The van der Waals surface area contributed by atoms with E-state index in [1.54, 1.807) is 42.5 Å². The highest BCUT2D eigenvalue weighted by molar-refractivity contribution is 6.34. The number of carbonyl (C=O) groups is 2. The normalized spacial score (nSPS) is 12.9. The third-order valence-corrected chi connectivity index (χ3v) is 3.59. The summed E-state index contributed by atoms with van der Waals surface area (Å²) in [6, 6.07) is 12.2. The van der Waals surface area contributed by atoms with E-state index in [-0.39, 0.29) is 11.8 Å². The number of benzene rings is 2. The molecular weight excluding hydrogens is 276 g/mol. The molecule has 0 spiro atoms. The summed E-state index contributed by atoms with van der Waals surface area (Å²) in [6.07, 6.45) is 0. The van der Waals surface area contributed by atoms with Gasteiger partial charge in [-0.15, -0.1) is 0 Å². The number of fused-ring (bicyclic) bond motifs is 1. The maximum Gasteiger partial charge on any atom is 0.266 e. The summed E-state index contributed by atoms with van der Waals surface area (Å²) >= 11 is 0. The molecule has 0 unspecified atom stereocenters. The number of rotatable bonds is 1. The Hall–Kier alpha value is -2.90. The highest BCUT2D eigenvalue weighted by Gasteiger charge is 2.36. The molecule has 0 fully saturated rings. The van der Waals surface area contributed by atoms with Gasteiger partial charge in [-0.3, -0.25) is 9.59 Å². The van der Waals surface area contributed by atoms with E-state index < -0.39 is 0 Å². The molecule has 0 radical (unpaired) electrons. The standard InChI is InChI=1S/C18H14N2O2/c1-12-11-14(9-8-13(12)5-4-10-19)20-17(21)15-6-2-3-7-16(15)18(20)22/h2-3,6-9,11H,10,19H2,1H3. The molecule has 2 aromatic carbocycles. The topological polar surface area (TPSA) is 63.4 Å². The number of carbonyl (C=O) groups excluding carboxylic acids is 2. The van der Waals surface area contributed by atoms with Crippen molar-refractivity contribution < 1.29 is 9.59 Å². The first-order chi connectivity index (χ1) is 10.6. The zero-order chi connectivity index (χ0) is 15.7.